The number of hydrogen-bond donors (Lipinski definition) is 2. The molecule has 118 valence electrons. The van der Waals surface area contributed by atoms with Crippen molar-refractivity contribution in [2.45, 2.75) is 52.6 Å². The lowest BCUT2D eigenvalue weighted by molar-refractivity contribution is -0.139. The summed E-state index contributed by atoms with van der Waals surface area (Å²) in [6.45, 7) is 10.2. The zero-order chi connectivity index (χ0) is 14.4. The van der Waals surface area contributed by atoms with Crippen LogP contribution in [-0.4, -0.2) is 48.4 Å². The molecule has 1 saturated heterocycles. The van der Waals surface area contributed by atoms with Crippen molar-refractivity contribution in [1.82, 2.24) is 15.5 Å². The maximum atomic E-state index is 12.3. The fraction of sp³-hybridized carbons (Fsp3) is 0.857. The highest BCUT2D eigenvalue weighted by Crippen LogP contribution is 2.19. The fourth-order valence-electron chi connectivity index (χ4n) is 2.55. The van der Waals surface area contributed by atoms with Crippen LogP contribution in [0.4, 0.5) is 0 Å². The average molecular weight is 306 g/mol. The Hall–Kier alpha value is -0.810. The van der Waals surface area contributed by atoms with Crippen molar-refractivity contribution < 1.29 is 9.59 Å². The van der Waals surface area contributed by atoms with E-state index in [9.17, 15) is 9.59 Å². The molecule has 0 aromatic rings. The van der Waals surface area contributed by atoms with Crippen molar-refractivity contribution in [1.29, 1.82) is 0 Å². The molecule has 0 aromatic heterocycles. The normalized spacial score (nSPS) is 17.9. The predicted molar refractivity (Wildman–Crippen MR) is 83.0 cm³/mol. The van der Waals surface area contributed by atoms with Gasteiger partial charge in [0.2, 0.25) is 11.8 Å². The van der Waals surface area contributed by atoms with Gasteiger partial charge in [0.1, 0.15) is 6.04 Å². The van der Waals surface area contributed by atoms with Crippen LogP contribution in [0.1, 0.15) is 40.5 Å². The summed E-state index contributed by atoms with van der Waals surface area (Å²) < 4.78 is 0. The molecule has 6 heteroatoms. The van der Waals surface area contributed by atoms with Crippen LogP contribution in [0, 0.1) is 5.92 Å². The second-order valence-electron chi connectivity index (χ2n) is 5.58. The van der Waals surface area contributed by atoms with Gasteiger partial charge >= 0.3 is 0 Å². The van der Waals surface area contributed by atoms with Crippen LogP contribution in [-0.2, 0) is 9.59 Å². The SMILES string of the molecule is CCN[C@H](C)CNC(=O)C(C(C)C)N1CCCC1=O.Cl. The first-order chi connectivity index (χ1) is 8.97. The van der Waals surface area contributed by atoms with E-state index >= 15 is 0 Å². The van der Waals surface area contributed by atoms with Crippen molar-refractivity contribution in [3.05, 3.63) is 0 Å². The molecule has 1 aliphatic heterocycles. The van der Waals surface area contributed by atoms with E-state index in [4.69, 9.17) is 0 Å². The number of amides is 2. The van der Waals surface area contributed by atoms with Crippen LogP contribution in [0.3, 0.4) is 0 Å². The van der Waals surface area contributed by atoms with Gasteiger partial charge in [0.05, 0.1) is 0 Å². The van der Waals surface area contributed by atoms with Crippen LogP contribution in [0.15, 0.2) is 0 Å². The van der Waals surface area contributed by atoms with Crippen LogP contribution in [0.25, 0.3) is 0 Å². The van der Waals surface area contributed by atoms with Crippen molar-refractivity contribution in [3.8, 4) is 0 Å². The second-order valence-corrected chi connectivity index (χ2v) is 5.58. The number of carbonyl (C=O) groups is 2. The molecular formula is C14H28ClN3O2. The number of likely N-dealkylation sites (tertiary alicyclic amines) is 1. The number of hydrogen-bond acceptors (Lipinski definition) is 3. The number of likely N-dealkylation sites (N-methyl/N-ethyl adjacent to an activating group) is 1. The highest BCUT2D eigenvalue weighted by molar-refractivity contribution is 5.88. The molecule has 2 N–H and O–H groups in total. The standard InChI is InChI=1S/C14H27N3O2.ClH/c1-5-15-11(4)9-16-14(19)13(10(2)3)17-8-6-7-12(17)18;/h10-11,13,15H,5-9H2,1-4H3,(H,16,19);1H/t11-,13?;/m1./s1. The van der Waals surface area contributed by atoms with Crippen molar-refractivity contribution in [2.75, 3.05) is 19.6 Å². The van der Waals surface area contributed by atoms with E-state index in [1.54, 1.807) is 4.90 Å². The van der Waals surface area contributed by atoms with Gasteiger partial charge in [0.25, 0.3) is 0 Å². The summed E-state index contributed by atoms with van der Waals surface area (Å²) in [5, 5.41) is 6.20. The molecule has 1 unspecified atom stereocenters. The predicted octanol–water partition coefficient (Wildman–Crippen LogP) is 1.17. The molecule has 0 saturated carbocycles. The Morgan fingerprint density at radius 3 is 2.45 bits per heavy atom. The molecule has 0 aromatic carbocycles. The smallest absolute Gasteiger partial charge is 0.243 e. The van der Waals surface area contributed by atoms with Gasteiger partial charge in [0, 0.05) is 25.6 Å². The number of rotatable bonds is 7. The molecule has 1 heterocycles. The Morgan fingerprint density at radius 2 is 2.00 bits per heavy atom. The highest BCUT2D eigenvalue weighted by atomic mass is 35.5. The summed E-state index contributed by atoms with van der Waals surface area (Å²) in [5.74, 6) is 0.208. The fourth-order valence-corrected chi connectivity index (χ4v) is 2.55. The largest absolute Gasteiger partial charge is 0.353 e. The summed E-state index contributed by atoms with van der Waals surface area (Å²) >= 11 is 0. The zero-order valence-corrected chi connectivity index (χ0v) is 13.8. The van der Waals surface area contributed by atoms with Gasteiger partial charge in [-0.3, -0.25) is 9.59 Å². The minimum atomic E-state index is -0.330. The van der Waals surface area contributed by atoms with Crippen molar-refractivity contribution in [3.63, 3.8) is 0 Å². The Balaban J connectivity index is 0.00000361. The molecule has 1 rings (SSSR count). The monoisotopic (exact) mass is 305 g/mol. The molecule has 2 atom stereocenters. The molecule has 0 aliphatic carbocycles. The van der Waals surface area contributed by atoms with Crippen LogP contribution >= 0.6 is 12.4 Å². The Bertz CT molecular complexity index is 324. The quantitative estimate of drug-likeness (QED) is 0.742. The molecule has 0 spiro atoms. The van der Waals surface area contributed by atoms with Gasteiger partial charge in [-0.1, -0.05) is 20.8 Å². The topological polar surface area (TPSA) is 61.4 Å². The minimum Gasteiger partial charge on any atom is -0.353 e. The first-order valence-electron chi connectivity index (χ1n) is 7.28. The minimum absolute atomic E-state index is 0. The molecule has 5 nitrogen and oxygen atoms in total. The summed E-state index contributed by atoms with van der Waals surface area (Å²) in [7, 11) is 0. The Morgan fingerprint density at radius 1 is 1.35 bits per heavy atom. The molecule has 2 amide bonds. The number of carbonyl (C=O) groups excluding carboxylic acids is 2. The van der Waals surface area contributed by atoms with Crippen molar-refractivity contribution in [2.24, 2.45) is 5.92 Å². The van der Waals surface area contributed by atoms with Gasteiger partial charge in [-0.05, 0) is 25.8 Å². The third-order valence-corrected chi connectivity index (χ3v) is 3.48. The Labute approximate surface area is 128 Å². The average Bonchev–Trinajstić information content (AvgIpc) is 2.73. The summed E-state index contributed by atoms with van der Waals surface area (Å²) in [6.07, 6.45) is 1.44. The van der Waals surface area contributed by atoms with Gasteiger partial charge in [-0.25, -0.2) is 0 Å². The molecule has 0 bridgehead atoms. The lowest BCUT2D eigenvalue weighted by Crippen LogP contribution is -2.52. The Kier molecular flexibility index (Phi) is 8.81. The zero-order valence-electron chi connectivity index (χ0n) is 12.9. The maximum Gasteiger partial charge on any atom is 0.243 e. The van der Waals surface area contributed by atoms with Crippen molar-refractivity contribution >= 4 is 24.2 Å². The van der Waals surface area contributed by atoms with E-state index in [0.29, 0.717) is 19.5 Å². The van der Waals surface area contributed by atoms with Gasteiger partial charge in [0.15, 0.2) is 0 Å². The second kappa shape index (κ2) is 9.19. The lowest BCUT2D eigenvalue weighted by atomic mass is 10.0. The van der Waals surface area contributed by atoms with Gasteiger partial charge in [-0.15, -0.1) is 12.4 Å². The van der Waals surface area contributed by atoms with Gasteiger partial charge < -0.3 is 15.5 Å². The number of nitrogens with zero attached hydrogens (tertiary/aromatic N) is 1. The van der Waals surface area contributed by atoms with E-state index in [1.807, 2.05) is 27.7 Å². The lowest BCUT2D eigenvalue weighted by Gasteiger charge is -2.30. The first kappa shape index (κ1) is 19.2. The summed E-state index contributed by atoms with van der Waals surface area (Å²) in [4.78, 5) is 25.8. The molecule has 20 heavy (non-hydrogen) atoms. The van der Waals surface area contributed by atoms with E-state index < -0.39 is 0 Å². The molecular weight excluding hydrogens is 278 g/mol. The van der Waals surface area contributed by atoms with Crippen LogP contribution < -0.4 is 10.6 Å². The third-order valence-electron chi connectivity index (χ3n) is 3.48. The van der Waals surface area contributed by atoms with Crippen LogP contribution in [0.5, 0.6) is 0 Å². The highest BCUT2D eigenvalue weighted by Gasteiger charge is 2.34. The number of halogens is 1. The molecule has 1 fully saturated rings. The number of nitrogens with one attached hydrogen (secondary N) is 2. The summed E-state index contributed by atoms with van der Waals surface area (Å²) in [6, 6.07) is -0.0835. The van der Waals surface area contributed by atoms with E-state index in [1.165, 1.54) is 0 Å². The summed E-state index contributed by atoms with van der Waals surface area (Å²) in [5.41, 5.74) is 0. The van der Waals surface area contributed by atoms with E-state index in [0.717, 1.165) is 13.0 Å². The maximum absolute atomic E-state index is 12.3. The van der Waals surface area contributed by atoms with Gasteiger partial charge in [-0.2, -0.15) is 0 Å². The third kappa shape index (κ3) is 5.29. The van der Waals surface area contributed by atoms with Crippen LogP contribution in [0.2, 0.25) is 0 Å². The first-order valence-corrected chi connectivity index (χ1v) is 7.28. The van der Waals surface area contributed by atoms with E-state index in [-0.39, 0.29) is 42.2 Å². The van der Waals surface area contributed by atoms with E-state index in [2.05, 4.69) is 10.6 Å². The molecule has 0 radical (unpaired) electrons. The molecule has 1 aliphatic rings.